The number of rotatable bonds is 4. The smallest absolute Gasteiger partial charge is 0.0134 e. The molecule has 0 unspecified atom stereocenters. The summed E-state index contributed by atoms with van der Waals surface area (Å²) in [6.45, 7) is 0. The molecule has 0 bridgehead atoms. The van der Waals surface area contributed by atoms with E-state index in [2.05, 4.69) is 115 Å². The zero-order valence-electron chi connectivity index (χ0n) is 14.9. The van der Waals surface area contributed by atoms with Gasteiger partial charge in [-0.1, -0.05) is 91.0 Å². The Morgan fingerprint density at radius 2 is 1.08 bits per heavy atom. The maximum absolute atomic E-state index is 2.23. The molecule has 0 spiro atoms. The van der Waals surface area contributed by atoms with Gasteiger partial charge in [0.15, 0.2) is 0 Å². The molecule has 3 aromatic carbocycles. The van der Waals surface area contributed by atoms with Gasteiger partial charge in [-0.2, -0.15) is 0 Å². The van der Waals surface area contributed by atoms with Crippen LogP contribution >= 0.6 is 7.92 Å². The molecule has 1 aliphatic carbocycles. The number of hydrogen-bond donors (Lipinski definition) is 0. The van der Waals surface area contributed by atoms with Gasteiger partial charge in [-0.05, 0) is 23.8 Å². The summed E-state index contributed by atoms with van der Waals surface area (Å²) in [5.41, 5.74) is 0. The average Bonchev–Trinajstić information content (AvgIpc) is 3.25. The van der Waals surface area contributed by atoms with Crippen LogP contribution in [-0.2, 0) is 14.4 Å². The van der Waals surface area contributed by atoms with Gasteiger partial charge < -0.3 is 0 Å². The van der Waals surface area contributed by atoms with E-state index in [1.807, 2.05) is 0 Å². The van der Waals surface area contributed by atoms with E-state index in [1.165, 1.54) is 20.5 Å². The molecule has 4 rings (SSSR count). The zero-order valence-corrected chi connectivity index (χ0v) is 16.7. The topological polar surface area (TPSA) is 0 Å². The van der Waals surface area contributed by atoms with E-state index in [4.69, 9.17) is 0 Å². The minimum atomic E-state index is -0.446. The molecule has 26 heavy (non-hydrogen) atoms. The normalized spacial score (nSPS) is 12.6. The summed E-state index contributed by atoms with van der Waals surface area (Å²) in [5, 5.41) is 4.19. The molecule has 0 heterocycles. The molecule has 0 nitrogen and oxygen atoms in total. The van der Waals surface area contributed by atoms with Crippen LogP contribution < -0.4 is 15.9 Å². The summed E-state index contributed by atoms with van der Waals surface area (Å²) >= 11 is 1.68. The van der Waals surface area contributed by atoms with Crippen molar-refractivity contribution in [2.75, 3.05) is 0 Å². The van der Waals surface area contributed by atoms with E-state index >= 15 is 0 Å². The van der Waals surface area contributed by atoms with Crippen LogP contribution in [0.15, 0.2) is 114 Å². The predicted octanol–water partition coefficient (Wildman–Crippen LogP) is 5.41. The van der Waals surface area contributed by atoms with E-state index in [9.17, 15) is 0 Å². The third-order valence-electron chi connectivity index (χ3n) is 3.95. The molecule has 2 heteroatoms. The van der Waals surface area contributed by atoms with Crippen molar-refractivity contribution in [2.24, 2.45) is 0 Å². The monoisotopic (exact) mass is 400 g/mol. The molecule has 0 saturated heterocycles. The standard InChI is InChI=1S/C18H15P.C5H5.CH3.Ni/c1-4-10-16(11-5-1)19(17-12-6-2-7-13-17)18-14-8-3-9-15-18;1-2-4-5-3-1;;/h1-15H;1-3H,4H2;1H3;. The SMILES string of the molecule is [CH3][Ni][C]1=CC=CC1.c1ccc(P(c2ccccc2)c2ccccc2)cc1. The Morgan fingerprint density at radius 1 is 0.654 bits per heavy atom. The summed E-state index contributed by atoms with van der Waals surface area (Å²) in [5.74, 6) is 2.13. The molecule has 0 saturated carbocycles. The molecule has 134 valence electrons. The minimum absolute atomic E-state index is 0.446. The summed E-state index contributed by atoms with van der Waals surface area (Å²) < 4.78 is 1.49. The van der Waals surface area contributed by atoms with Crippen LogP contribution in [0.5, 0.6) is 0 Å². The van der Waals surface area contributed by atoms with Crippen LogP contribution in [0.4, 0.5) is 0 Å². The molecular formula is C24H23NiP. The Morgan fingerprint density at radius 3 is 1.35 bits per heavy atom. The van der Waals surface area contributed by atoms with Crippen LogP contribution in [-0.4, -0.2) is 0 Å². The van der Waals surface area contributed by atoms with E-state index in [0.29, 0.717) is 0 Å². The third-order valence-corrected chi connectivity index (χ3v) is 7.39. The molecular weight excluding hydrogens is 378 g/mol. The summed E-state index contributed by atoms with van der Waals surface area (Å²) in [6, 6.07) is 32.3. The van der Waals surface area contributed by atoms with Gasteiger partial charge >= 0.3 is 49.5 Å². The van der Waals surface area contributed by atoms with E-state index in [1.54, 1.807) is 14.4 Å². The first-order valence-corrected chi connectivity index (χ1v) is 11.4. The molecule has 0 aromatic heterocycles. The van der Waals surface area contributed by atoms with Gasteiger partial charge in [-0.25, -0.2) is 0 Å². The van der Waals surface area contributed by atoms with Gasteiger partial charge in [0, 0.05) is 0 Å². The zero-order chi connectivity index (χ0) is 18.0. The van der Waals surface area contributed by atoms with Crippen molar-refractivity contribution in [2.45, 2.75) is 12.3 Å². The minimum Gasteiger partial charge on any atom is -0.0622 e. The van der Waals surface area contributed by atoms with Crippen LogP contribution in [0, 0.1) is 0 Å². The van der Waals surface area contributed by atoms with Gasteiger partial charge in [0.25, 0.3) is 0 Å². The fourth-order valence-electron chi connectivity index (χ4n) is 2.70. The maximum Gasteiger partial charge on any atom is -0.0134 e. The first-order chi connectivity index (χ1) is 12.9. The second-order valence-corrected chi connectivity index (χ2v) is 9.05. The molecule has 1 aliphatic rings. The van der Waals surface area contributed by atoms with Crippen LogP contribution in [0.1, 0.15) is 6.42 Å². The van der Waals surface area contributed by atoms with Gasteiger partial charge in [-0.15, -0.1) is 0 Å². The van der Waals surface area contributed by atoms with Gasteiger partial charge in [0.1, 0.15) is 0 Å². The summed E-state index contributed by atoms with van der Waals surface area (Å²) in [7, 11) is -0.446. The molecule has 0 aliphatic heterocycles. The van der Waals surface area contributed by atoms with Crippen molar-refractivity contribution in [3.8, 4) is 0 Å². The molecule has 0 amide bonds. The second kappa shape index (κ2) is 10.3. The molecule has 0 N–H and O–H groups in total. The van der Waals surface area contributed by atoms with Crippen molar-refractivity contribution in [3.63, 3.8) is 0 Å². The maximum atomic E-state index is 2.23. The molecule has 0 fully saturated rings. The molecule has 0 radical (unpaired) electrons. The molecule has 0 atom stereocenters. The first kappa shape index (κ1) is 18.8. The van der Waals surface area contributed by atoms with Crippen molar-refractivity contribution in [1.82, 2.24) is 0 Å². The van der Waals surface area contributed by atoms with Crippen LogP contribution in [0.3, 0.4) is 0 Å². The quantitative estimate of drug-likeness (QED) is 0.406. The summed E-state index contributed by atoms with van der Waals surface area (Å²) in [4.78, 5) is 0. The van der Waals surface area contributed by atoms with Gasteiger partial charge in [0.05, 0.1) is 0 Å². The van der Waals surface area contributed by atoms with Crippen molar-refractivity contribution in [3.05, 3.63) is 114 Å². The second-order valence-electron chi connectivity index (χ2n) is 5.71. The largest absolute Gasteiger partial charge is 0.0622 e. The first-order valence-electron chi connectivity index (χ1n) is 8.59. The number of allylic oxidation sites excluding steroid dienone is 4. The van der Waals surface area contributed by atoms with Gasteiger partial charge in [-0.3, -0.25) is 0 Å². The fourth-order valence-corrected chi connectivity index (χ4v) is 5.59. The van der Waals surface area contributed by atoms with Crippen molar-refractivity contribution in [1.29, 1.82) is 0 Å². The number of hydrogen-bond acceptors (Lipinski definition) is 0. The van der Waals surface area contributed by atoms with E-state index in [-0.39, 0.29) is 0 Å². The van der Waals surface area contributed by atoms with Gasteiger partial charge in [0.2, 0.25) is 0 Å². The van der Waals surface area contributed by atoms with Crippen molar-refractivity contribution >= 4 is 23.8 Å². The third kappa shape index (κ3) is 5.28. The Labute approximate surface area is 164 Å². The molecule has 3 aromatic rings. The summed E-state index contributed by atoms with van der Waals surface area (Å²) in [6.07, 6.45) is 7.62. The Kier molecular flexibility index (Phi) is 7.44. The fraction of sp³-hybridized carbons (Fsp3) is 0.0833. The van der Waals surface area contributed by atoms with Crippen LogP contribution in [0.2, 0.25) is 5.89 Å². The van der Waals surface area contributed by atoms with E-state index in [0.717, 1.165) is 6.42 Å². The van der Waals surface area contributed by atoms with E-state index < -0.39 is 7.92 Å². The van der Waals surface area contributed by atoms with Crippen molar-refractivity contribution < 1.29 is 14.4 Å². The number of benzene rings is 3. The average molecular weight is 401 g/mol. The predicted molar refractivity (Wildman–Crippen MR) is 113 cm³/mol. The Hall–Kier alpha value is -1.94. The Bertz CT molecular complexity index is 745. The van der Waals surface area contributed by atoms with Crippen LogP contribution in [0.25, 0.3) is 0 Å². The Balaban J connectivity index is 0.000000236.